The first-order chi connectivity index (χ1) is 10.2. The van der Waals surface area contributed by atoms with E-state index in [1.165, 1.54) is 16.2 Å². The largest absolute Gasteiger partial charge is 0.461 e. The Balaban J connectivity index is 1.69. The van der Waals surface area contributed by atoms with Crippen LogP contribution < -0.4 is 5.32 Å². The Morgan fingerprint density at radius 1 is 1.38 bits per heavy atom. The van der Waals surface area contributed by atoms with Crippen LogP contribution in [-0.4, -0.2) is 28.5 Å². The monoisotopic (exact) mass is 323 g/mol. The number of nitrogens with zero attached hydrogens (tertiary/aromatic N) is 2. The summed E-state index contributed by atoms with van der Waals surface area (Å²) in [6.07, 6.45) is 3.15. The minimum Gasteiger partial charge on any atom is -0.461 e. The molecular weight excluding hydrogens is 310 g/mol. The Hall–Kier alpha value is -1.80. The van der Waals surface area contributed by atoms with Crippen LogP contribution in [0.5, 0.6) is 0 Å². The number of fused-ring (bicyclic) bond motifs is 1. The highest BCUT2D eigenvalue weighted by atomic mass is 32.1. The number of carbonyl (C=O) groups excluding carboxylic acids is 2. The topological polar surface area (TPSA) is 81.2 Å². The summed E-state index contributed by atoms with van der Waals surface area (Å²) in [5.41, 5.74) is 1.29. The predicted octanol–water partition coefficient (Wildman–Crippen LogP) is 2.52. The van der Waals surface area contributed by atoms with Crippen LogP contribution in [0.25, 0.3) is 0 Å². The average molecular weight is 323 g/mol. The van der Waals surface area contributed by atoms with E-state index in [0.29, 0.717) is 5.13 Å². The lowest BCUT2D eigenvalue weighted by molar-refractivity contribution is 0.0526. The molecule has 0 spiro atoms. The summed E-state index contributed by atoms with van der Waals surface area (Å²) in [6.45, 7) is 2.01. The maximum atomic E-state index is 12.1. The van der Waals surface area contributed by atoms with Crippen molar-refractivity contribution < 1.29 is 14.3 Å². The molecule has 6 nitrogen and oxygen atoms in total. The molecule has 0 aliphatic heterocycles. The Labute approximate surface area is 129 Å². The second kappa shape index (κ2) is 5.90. The van der Waals surface area contributed by atoms with Gasteiger partial charge in [-0.3, -0.25) is 10.1 Å². The number of aryl methyl sites for hydroxylation is 2. The number of aromatic nitrogens is 2. The van der Waals surface area contributed by atoms with Gasteiger partial charge in [-0.15, -0.1) is 22.7 Å². The second-order valence-electron chi connectivity index (χ2n) is 4.45. The van der Waals surface area contributed by atoms with E-state index in [1.807, 2.05) is 0 Å². The molecule has 0 unspecified atom stereocenters. The van der Waals surface area contributed by atoms with Crippen molar-refractivity contribution in [3.05, 3.63) is 26.7 Å². The molecule has 2 aromatic rings. The molecule has 1 amide bonds. The fraction of sp³-hybridized carbons (Fsp3) is 0.385. The third-order valence-corrected chi connectivity index (χ3v) is 4.90. The second-order valence-corrected chi connectivity index (χ2v) is 6.40. The van der Waals surface area contributed by atoms with Crippen LogP contribution in [0.1, 0.15) is 44.2 Å². The maximum absolute atomic E-state index is 12.1. The SMILES string of the molecule is CCOC(=O)c1nc(C(=O)Nc2nc3c(s2)CCC3)cs1. The van der Waals surface area contributed by atoms with Crippen LogP contribution in [0.3, 0.4) is 0 Å². The highest BCUT2D eigenvalue weighted by molar-refractivity contribution is 7.16. The number of ether oxygens (including phenoxy) is 1. The molecule has 0 radical (unpaired) electrons. The first-order valence-electron chi connectivity index (χ1n) is 6.60. The summed E-state index contributed by atoms with van der Waals surface area (Å²) in [5.74, 6) is -0.857. The lowest BCUT2D eigenvalue weighted by Gasteiger charge is -1.98. The van der Waals surface area contributed by atoms with Crippen LogP contribution in [-0.2, 0) is 17.6 Å². The van der Waals surface area contributed by atoms with Crippen LogP contribution in [0, 0.1) is 0 Å². The number of thiazole rings is 2. The number of anilines is 1. The van der Waals surface area contributed by atoms with E-state index in [4.69, 9.17) is 4.74 Å². The lowest BCUT2D eigenvalue weighted by Crippen LogP contribution is -2.13. The van der Waals surface area contributed by atoms with Crippen molar-refractivity contribution >= 4 is 39.7 Å². The van der Waals surface area contributed by atoms with Crippen molar-refractivity contribution in [3.8, 4) is 0 Å². The van der Waals surface area contributed by atoms with E-state index in [9.17, 15) is 9.59 Å². The van der Waals surface area contributed by atoms with E-state index in [0.717, 1.165) is 36.3 Å². The Morgan fingerprint density at radius 2 is 2.24 bits per heavy atom. The zero-order valence-corrected chi connectivity index (χ0v) is 13.0. The van der Waals surface area contributed by atoms with Gasteiger partial charge < -0.3 is 4.74 Å². The molecule has 0 saturated heterocycles. The fourth-order valence-corrected chi connectivity index (χ4v) is 3.80. The van der Waals surface area contributed by atoms with Gasteiger partial charge in [0.25, 0.3) is 5.91 Å². The minimum atomic E-state index is -0.505. The summed E-state index contributed by atoms with van der Waals surface area (Å²) in [4.78, 5) is 33.2. The molecule has 1 N–H and O–H groups in total. The number of rotatable bonds is 4. The van der Waals surface area contributed by atoms with Crippen molar-refractivity contribution in [2.45, 2.75) is 26.2 Å². The van der Waals surface area contributed by atoms with Gasteiger partial charge in [0, 0.05) is 10.3 Å². The van der Waals surface area contributed by atoms with Crippen molar-refractivity contribution in [1.82, 2.24) is 9.97 Å². The molecule has 0 saturated carbocycles. The molecule has 110 valence electrons. The Kier molecular flexibility index (Phi) is 3.98. The molecule has 0 aromatic carbocycles. The van der Waals surface area contributed by atoms with Gasteiger partial charge in [0.2, 0.25) is 5.01 Å². The first kappa shape index (κ1) is 14.2. The Morgan fingerprint density at radius 3 is 3.00 bits per heavy atom. The van der Waals surface area contributed by atoms with Gasteiger partial charge in [0.05, 0.1) is 12.3 Å². The van der Waals surface area contributed by atoms with E-state index in [1.54, 1.807) is 12.3 Å². The normalized spacial score (nSPS) is 13.0. The van der Waals surface area contributed by atoms with Gasteiger partial charge in [-0.05, 0) is 26.2 Å². The molecule has 21 heavy (non-hydrogen) atoms. The highest BCUT2D eigenvalue weighted by Gasteiger charge is 2.20. The van der Waals surface area contributed by atoms with Gasteiger partial charge in [-0.2, -0.15) is 0 Å². The Bertz CT molecular complexity index is 671. The lowest BCUT2D eigenvalue weighted by atomic mass is 10.4. The summed E-state index contributed by atoms with van der Waals surface area (Å²) in [6, 6.07) is 0. The van der Waals surface area contributed by atoms with Gasteiger partial charge in [-0.1, -0.05) is 0 Å². The molecule has 2 aromatic heterocycles. The molecule has 3 rings (SSSR count). The van der Waals surface area contributed by atoms with Gasteiger partial charge in [-0.25, -0.2) is 14.8 Å². The van der Waals surface area contributed by atoms with E-state index >= 15 is 0 Å². The molecule has 0 atom stereocenters. The molecule has 0 bridgehead atoms. The number of carbonyl (C=O) groups is 2. The number of nitrogens with one attached hydrogen (secondary N) is 1. The van der Waals surface area contributed by atoms with Gasteiger partial charge in [0.1, 0.15) is 5.69 Å². The van der Waals surface area contributed by atoms with Crippen molar-refractivity contribution in [1.29, 1.82) is 0 Å². The van der Waals surface area contributed by atoms with E-state index < -0.39 is 5.97 Å². The van der Waals surface area contributed by atoms with E-state index in [2.05, 4.69) is 15.3 Å². The fourth-order valence-electron chi connectivity index (χ4n) is 2.07. The zero-order valence-electron chi connectivity index (χ0n) is 11.3. The zero-order chi connectivity index (χ0) is 14.8. The highest BCUT2D eigenvalue weighted by Crippen LogP contribution is 2.30. The summed E-state index contributed by atoms with van der Waals surface area (Å²) < 4.78 is 4.85. The number of esters is 1. The molecular formula is C13H13N3O3S2. The van der Waals surface area contributed by atoms with Crippen LogP contribution in [0.15, 0.2) is 5.38 Å². The number of hydrogen-bond donors (Lipinski definition) is 1. The summed E-state index contributed by atoms with van der Waals surface area (Å²) >= 11 is 2.60. The van der Waals surface area contributed by atoms with Gasteiger partial charge >= 0.3 is 5.97 Å². The summed E-state index contributed by atoms with van der Waals surface area (Å²) in [7, 11) is 0. The van der Waals surface area contributed by atoms with Crippen LogP contribution >= 0.6 is 22.7 Å². The first-order valence-corrected chi connectivity index (χ1v) is 8.29. The molecule has 2 heterocycles. The smallest absolute Gasteiger partial charge is 0.367 e. The molecule has 0 fully saturated rings. The number of hydrogen-bond acceptors (Lipinski definition) is 7. The van der Waals surface area contributed by atoms with Crippen LogP contribution in [0.4, 0.5) is 5.13 Å². The van der Waals surface area contributed by atoms with E-state index in [-0.39, 0.29) is 23.2 Å². The predicted molar refractivity (Wildman–Crippen MR) is 80.2 cm³/mol. The average Bonchev–Trinajstić information content (AvgIpc) is 3.13. The molecule has 1 aliphatic rings. The summed E-state index contributed by atoms with van der Waals surface area (Å²) in [5, 5.41) is 5.05. The quantitative estimate of drug-likeness (QED) is 0.874. The molecule has 8 heteroatoms. The third-order valence-electron chi connectivity index (χ3n) is 3.00. The van der Waals surface area contributed by atoms with Crippen molar-refractivity contribution in [2.75, 3.05) is 11.9 Å². The molecule has 1 aliphatic carbocycles. The standard InChI is InChI=1S/C13H13N3O3S2/c1-2-19-12(18)11-14-8(6-20-11)10(17)16-13-15-7-4-3-5-9(7)21-13/h6H,2-5H2,1H3,(H,15,16,17). The van der Waals surface area contributed by atoms with Crippen molar-refractivity contribution in [3.63, 3.8) is 0 Å². The minimum absolute atomic E-state index is 0.184. The number of amides is 1. The third kappa shape index (κ3) is 2.96. The maximum Gasteiger partial charge on any atom is 0.367 e. The van der Waals surface area contributed by atoms with Crippen LogP contribution in [0.2, 0.25) is 0 Å². The van der Waals surface area contributed by atoms with Gasteiger partial charge in [0.15, 0.2) is 5.13 Å². The van der Waals surface area contributed by atoms with Crippen molar-refractivity contribution in [2.24, 2.45) is 0 Å².